The molecule has 23 heavy (non-hydrogen) atoms. The molecule has 2 aromatic carbocycles. The lowest BCUT2D eigenvalue weighted by Crippen LogP contribution is -1.97. The predicted octanol–water partition coefficient (Wildman–Crippen LogP) is 6.07. The Bertz CT molecular complexity index is 755. The molecule has 0 N–H and O–H groups in total. The number of rotatable bonds is 4. The van der Waals surface area contributed by atoms with Crippen molar-refractivity contribution in [3.63, 3.8) is 0 Å². The van der Waals surface area contributed by atoms with Crippen molar-refractivity contribution in [2.75, 3.05) is 6.61 Å². The summed E-state index contributed by atoms with van der Waals surface area (Å²) in [4.78, 5) is 0.679. The molecule has 0 bridgehead atoms. The van der Waals surface area contributed by atoms with Crippen LogP contribution in [0.15, 0.2) is 41.3 Å². The van der Waals surface area contributed by atoms with Crippen LogP contribution in [0.2, 0.25) is 10.0 Å². The van der Waals surface area contributed by atoms with E-state index in [0.717, 1.165) is 0 Å². The number of hydrogen-bond donors (Lipinski definition) is 0. The molecule has 0 spiro atoms. The highest BCUT2D eigenvalue weighted by atomic mass is 35.5. The number of hydrogen-bond acceptors (Lipinski definition) is 5. The van der Waals surface area contributed by atoms with E-state index in [0.29, 0.717) is 43.0 Å². The van der Waals surface area contributed by atoms with Crippen molar-refractivity contribution in [2.24, 2.45) is 0 Å². The molecule has 0 aliphatic rings. The normalized spacial score (nSPS) is 10.0. The molecular formula is C16H11Cl2NO2S2. The van der Waals surface area contributed by atoms with Crippen molar-refractivity contribution >= 4 is 51.6 Å². The first kappa shape index (κ1) is 17.9. The van der Waals surface area contributed by atoms with Crippen molar-refractivity contribution in [3.05, 3.63) is 52.0 Å². The highest BCUT2D eigenvalue weighted by Gasteiger charge is 2.11. The van der Waals surface area contributed by atoms with Crippen molar-refractivity contribution < 1.29 is 9.47 Å². The number of thioether (sulfide) groups is 1. The van der Waals surface area contributed by atoms with Crippen LogP contribution in [-0.2, 0) is 4.74 Å². The lowest BCUT2D eigenvalue weighted by Gasteiger charge is -2.12. The molecule has 0 aromatic heterocycles. The molecule has 2 aromatic rings. The van der Waals surface area contributed by atoms with E-state index in [1.54, 1.807) is 36.4 Å². The Morgan fingerprint density at radius 2 is 1.91 bits per heavy atom. The van der Waals surface area contributed by atoms with E-state index in [4.69, 9.17) is 50.2 Å². The van der Waals surface area contributed by atoms with Gasteiger partial charge in [-0.2, -0.15) is 5.26 Å². The molecule has 118 valence electrons. The van der Waals surface area contributed by atoms with Crippen LogP contribution in [0.5, 0.6) is 11.5 Å². The fourth-order valence-electron chi connectivity index (χ4n) is 1.69. The predicted molar refractivity (Wildman–Crippen MR) is 97.8 cm³/mol. The zero-order valence-corrected chi connectivity index (χ0v) is 15.2. The van der Waals surface area contributed by atoms with Gasteiger partial charge in [-0.1, -0.05) is 23.2 Å². The third-order valence-electron chi connectivity index (χ3n) is 2.59. The van der Waals surface area contributed by atoms with Gasteiger partial charge in [-0.15, -0.1) is 0 Å². The number of thiocarbonyl (C=S) groups is 1. The fourth-order valence-corrected chi connectivity index (χ4v) is 3.34. The topological polar surface area (TPSA) is 42.2 Å². The molecule has 0 heterocycles. The molecule has 2 rings (SSSR count). The molecule has 0 aliphatic heterocycles. The van der Waals surface area contributed by atoms with E-state index >= 15 is 0 Å². The Hall–Kier alpha value is -1.45. The second-order valence-electron chi connectivity index (χ2n) is 4.27. The molecule has 0 radical (unpaired) electrons. The van der Waals surface area contributed by atoms with Gasteiger partial charge in [0, 0.05) is 10.0 Å². The maximum Gasteiger partial charge on any atom is 0.224 e. The van der Waals surface area contributed by atoms with Gasteiger partial charge in [-0.25, -0.2) is 0 Å². The molecule has 0 saturated carbocycles. The summed E-state index contributed by atoms with van der Waals surface area (Å²) in [5.74, 6) is 1.03. The second kappa shape index (κ2) is 8.42. The van der Waals surface area contributed by atoms with Crippen LogP contribution in [0.4, 0.5) is 0 Å². The Morgan fingerprint density at radius 1 is 1.22 bits per heavy atom. The minimum atomic E-state index is 0.358. The summed E-state index contributed by atoms with van der Waals surface area (Å²) < 4.78 is 11.5. The summed E-state index contributed by atoms with van der Waals surface area (Å²) in [6.45, 7) is 2.33. The number of benzene rings is 2. The quantitative estimate of drug-likeness (QED) is 0.473. The van der Waals surface area contributed by atoms with E-state index in [1.807, 2.05) is 6.92 Å². The summed E-state index contributed by atoms with van der Waals surface area (Å²) in [5, 5.41) is 10.00. The van der Waals surface area contributed by atoms with Gasteiger partial charge in [0.2, 0.25) is 4.38 Å². The smallest absolute Gasteiger partial charge is 0.224 e. The summed E-state index contributed by atoms with van der Waals surface area (Å²) in [5.41, 5.74) is 0.503. The minimum absolute atomic E-state index is 0.358. The average molecular weight is 384 g/mol. The maximum absolute atomic E-state index is 9.05. The van der Waals surface area contributed by atoms with Crippen molar-refractivity contribution in [2.45, 2.75) is 11.8 Å². The molecule has 3 nitrogen and oxygen atoms in total. The number of nitriles is 1. The molecular weight excluding hydrogens is 373 g/mol. The molecule has 0 atom stereocenters. The summed E-state index contributed by atoms with van der Waals surface area (Å²) in [7, 11) is 0. The van der Waals surface area contributed by atoms with Crippen LogP contribution in [0, 0.1) is 11.3 Å². The lowest BCUT2D eigenvalue weighted by atomic mass is 10.2. The molecule has 7 heteroatoms. The molecule has 0 saturated heterocycles. The first-order valence-electron chi connectivity index (χ1n) is 6.54. The van der Waals surface area contributed by atoms with Crippen LogP contribution in [0.1, 0.15) is 12.5 Å². The van der Waals surface area contributed by atoms with Gasteiger partial charge >= 0.3 is 0 Å². The van der Waals surface area contributed by atoms with Crippen LogP contribution >= 0.6 is 47.2 Å². The number of ether oxygens (including phenoxy) is 2. The van der Waals surface area contributed by atoms with Crippen molar-refractivity contribution in [1.82, 2.24) is 0 Å². The Labute approximate surface area is 154 Å². The summed E-state index contributed by atoms with van der Waals surface area (Å²) in [6, 6.07) is 12.1. The number of nitrogens with zero attached hydrogens (tertiary/aromatic N) is 1. The van der Waals surface area contributed by atoms with E-state index in [9.17, 15) is 0 Å². The van der Waals surface area contributed by atoms with Gasteiger partial charge in [0.1, 0.15) is 11.5 Å². The SMILES string of the molecule is CCOC(=S)Sc1cc(C#N)ccc1Oc1cc(Cl)cc(Cl)c1. The standard InChI is InChI=1S/C16H11Cl2NO2S2/c1-2-20-16(22)23-15-5-10(9-19)3-4-14(15)21-13-7-11(17)6-12(18)8-13/h3-8H,2H2,1H3. The van der Waals surface area contributed by atoms with Gasteiger partial charge in [0.05, 0.1) is 23.1 Å². The third-order valence-corrected chi connectivity index (χ3v) is 4.22. The van der Waals surface area contributed by atoms with Gasteiger partial charge in [0.25, 0.3) is 0 Å². The van der Waals surface area contributed by atoms with E-state index in [-0.39, 0.29) is 0 Å². The van der Waals surface area contributed by atoms with Gasteiger partial charge < -0.3 is 9.47 Å². The first-order valence-corrected chi connectivity index (χ1v) is 8.52. The van der Waals surface area contributed by atoms with Crippen LogP contribution in [-0.4, -0.2) is 11.0 Å². The summed E-state index contributed by atoms with van der Waals surface area (Å²) >= 11 is 18.3. The third kappa shape index (κ3) is 5.29. The fraction of sp³-hybridized carbons (Fsp3) is 0.125. The Morgan fingerprint density at radius 3 is 2.52 bits per heavy atom. The maximum atomic E-state index is 9.05. The monoisotopic (exact) mass is 383 g/mol. The summed E-state index contributed by atoms with van der Waals surface area (Å²) in [6.07, 6.45) is 0. The average Bonchev–Trinajstić information content (AvgIpc) is 2.48. The molecule has 0 amide bonds. The second-order valence-corrected chi connectivity index (χ2v) is 6.78. The zero-order valence-electron chi connectivity index (χ0n) is 12.0. The Kier molecular flexibility index (Phi) is 6.55. The first-order chi connectivity index (χ1) is 11.0. The van der Waals surface area contributed by atoms with Gasteiger partial charge in [0.15, 0.2) is 0 Å². The van der Waals surface area contributed by atoms with Crippen LogP contribution in [0.25, 0.3) is 0 Å². The zero-order chi connectivity index (χ0) is 16.8. The van der Waals surface area contributed by atoms with Crippen molar-refractivity contribution in [1.29, 1.82) is 5.26 Å². The highest BCUT2D eigenvalue weighted by molar-refractivity contribution is 8.22. The lowest BCUT2D eigenvalue weighted by molar-refractivity contribution is 0.346. The highest BCUT2D eigenvalue weighted by Crippen LogP contribution is 2.36. The number of halogens is 2. The van der Waals surface area contributed by atoms with E-state index in [1.165, 1.54) is 11.8 Å². The van der Waals surface area contributed by atoms with Crippen LogP contribution in [0.3, 0.4) is 0 Å². The van der Waals surface area contributed by atoms with Gasteiger partial charge in [-0.3, -0.25) is 0 Å². The Balaban J connectivity index is 2.33. The van der Waals surface area contributed by atoms with Crippen LogP contribution < -0.4 is 4.74 Å². The van der Waals surface area contributed by atoms with E-state index in [2.05, 4.69) is 6.07 Å². The molecule has 0 unspecified atom stereocenters. The molecule has 0 fully saturated rings. The van der Waals surface area contributed by atoms with E-state index < -0.39 is 0 Å². The van der Waals surface area contributed by atoms with Gasteiger partial charge in [-0.05, 0) is 67.3 Å². The van der Waals surface area contributed by atoms with Crippen molar-refractivity contribution in [3.8, 4) is 17.6 Å². The molecule has 0 aliphatic carbocycles. The minimum Gasteiger partial charge on any atom is -0.479 e. The largest absolute Gasteiger partial charge is 0.479 e.